The first-order valence-corrected chi connectivity index (χ1v) is 52.0. The van der Waals surface area contributed by atoms with E-state index in [0.29, 0.717) is 135 Å². The molecule has 0 rings (SSSR count). The zero-order valence-corrected chi connectivity index (χ0v) is 88.4. The molecule has 806 valence electrons. The Kier molecular flexibility index (Phi) is 112. The van der Waals surface area contributed by atoms with Gasteiger partial charge in [-0.2, -0.15) is 23.5 Å². The molecule has 0 heterocycles. The number of esters is 8. The molecule has 52 heteroatoms. The lowest BCUT2D eigenvalue weighted by Crippen LogP contribution is -2.35. The van der Waals surface area contributed by atoms with Gasteiger partial charge in [0.15, 0.2) is 0 Å². The molecule has 138 heavy (non-hydrogen) atoms. The molecule has 0 saturated carbocycles. The van der Waals surface area contributed by atoms with Crippen LogP contribution < -0.4 is 103 Å². The van der Waals surface area contributed by atoms with E-state index in [-0.39, 0.29) is 72.7 Å². The third-order valence-electron chi connectivity index (χ3n) is 17.0. The smallest absolute Gasteiger partial charge is 0.323 e. The second kappa shape index (κ2) is 101. The van der Waals surface area contributed by atoms with E-state index >= 15 is 0 Å². The zero-order valence-electron chi connectivity index (χ0n) is 81.8. The van der Waals surface area contributed by atoms with Crippen molar-refractivity contribution in [1.29, 1.82) is 0 Å². The fourth-order valence-corrected chi connectivity index (χ4v) is 16.4. The molecule has 44 nitrogen and oxygen atoms in total. The zero-order chi connectivity index (χ0) is 107. The molecule has 0 aliphatic heterocycles. The molecule has 0 saturated heterocycles. The summed E-state index contributed by atoms with van der Waals surface area (Å²) in [6, 6.07) is -9.49. The Morgan fingerprint density at radius 1 is 0.203 bits per heavy atom. The van der Waals surface area contributed by atoms with Gasteiger partial charge < -0.3 is 141 Å². The number of hydrogen-bond acceptors (Lipinski definition) is 52. The molecule has 0 spiro atoms. The summed E-state index contributed by atoms with van der Waals surface area (Å²) >= 11 is 2.90. The van der Waals surface area contributed by atoms with E-state index in [1.807, 2.05) is 0 Å². The van der Waals surface area contributed by atoms with Crippen molar-refractivity contribution in [3.8, 4) is 0 Å². The minimum absolute atomic E-state index is 0. The fourth-order valence-electron chi connectivity index (χ4n) is 7.32. The monoisotopic (exact) mass is 2130 g/mol. The summed E-state index contributed by atoms with van der Waals surface area (Å²) in [5.74, 6) is 1.85. The van der Waals surface area contributed by atoms with Gasteiger partial charge in [-0.3, -0.25) is 86.3 Å². The molecule has 0 aromatic carbocycles. The Morgan fingerprint density at radius 2 is 0.341 bits per heavy atom. The largest absolute Gasteiger partial charge is 0.468 e. The van der Waals surface area contributed by atoms with Gasteiger partial charge in [0, 0.05) is 58.9 Å². The van der Waals surface area contributed by atoms with E-state index < -0.39 is 157 Å². The first-order valence-electron chi connectivity index (χ1n) is 42.2. The van der Waals surface area contributed by atoms with Crippen molar-refractivity contribution in [1.82, 2.24) is 0 Å². The maximum Gasteiger partial charge on any atom is 0.323 e. The molecule has 36 N–H and O–H groups in total. The number of ether oxygens (including phenoxy) is 8. The number of carbonyl (C=O) groups is 18. The van der Waals surface area contributed by atoms with E-state index in [2.05, 4.69) is 37.9 Å². The predicted octanol–water partition coefficient (Wildman–Crippen LogP) is -0.168. The second-order valence-corrected chi connectivity index (χ2v) is 38.8. The van der Waals surface area contributed by atoms with E-state index in [4.69, 9.17) is 103 Å². The van der Waals surface area contributed by atoms with Crippen LogP contribution in [0.4, 0.5) is 0 Å². The summed E-state index contributed by atoms with van der Waals surface area (Å²) in [7, 11) is 19.2. The summed E-state index contributed by atoms with van der Waals surface area (Å²) < 4.78 is 35.7. The maximum absolute atomic E-state index is 11.2. The summed E-state index contributed by atoms with van der Waals surface area (Å²) in [6.45, 7) is 15.3. The van der Waals surface area contributed by atoms with Crippen molar-refractivity contribution in [3.63, 3.8) is 0 Å². The number of rotatable bonds is 61. The number of nitrogens with two attached hydrogens (primary N) is 18. The van der Waals surface area contributed by atoms with Crippen molar-refractivity contribution in [3.05, 3.63) is 48.6 Å². The standard InChI is InChI=1S/2C10H18N2O4.C10H20N2O2S2.2C10H18N2O2.2C9H18N2O4S.2C8H16N2O2S2.2CH4/c2*1-15-9(13)7(11)5-3-4-6-8(12)10(14)16-2;1-3-9(13)7(11)5-15-16-6-8(12)10(14)4-2;2*1-7(13)9(11)5-3-4-6-10(12)8(2)14;2*1-14-8(12)6(10)3-4-16-5-7(11)9(13)15-2;2*1-5(11)7(9)3-13-14-4-8(10)6(2)12;;/h2*3-4,7-8H,5-6,11-12H2,1-2H3;7-8H,3-6,11-12H2,1-2H3;2*3-4,9-10H,5-6,11-12H2,1-2H3;2*6-7H,3-5,10-11H2,1-2H3;2*7-8H,3-4,9-10H2,1-2H3;2*1H4/b2*4-3+;;2*4-3+;;;;;;/t7-,8+;2*7-,8-;9-,10+;9-,10-;6-,7+;6-,7-;7-,8+;7-,8-;;/m.00.000.0../s1. The lowest BCUT2D eigenvalue weighted by atomic mass is 10.1. The Bertz CT molecular complexity index is 3060. The minimum Gasteiger partial charge on any atom is -0.468 e. The Labute approximate surface area is 848 Å². The highest BCUT2D eigenvalue weighted by Crippen LogP contribution is 2.25. The number of Topliss-reactive ketones (excluding diaryl/α,β-unsaturated/α-hetero) is 10. The SMILES string of the molecule is C.C.CC(=O)[C@@H](N)C/C=C/C[C@H](N)C(C)=O.CC(=O)[C@@H](N)CSSC[C@H](N)C(C)=O.CC(=O)[C@H](N)C/C=C/C[C@H](N)C(C)=O.CC(=O)[C@H](N)CSSC[C@H](N)C(C)=O.CCC(=O)[C@@H](N)CSSC[C@H](N)C(=O)CC.COC(=O)[C@@H](N)C/C=C/C[C@H](N)C(=O)OC.COC(=O)[C@@H](N)CCSC[C@H](N)C(=O)OC.COC(=O)[C@H](N)C/C=C/C[C@H](N)C(=O)OC.COC(=O)[C@H](N)CSCC[C@H](N)C(=O)OC. The molecule has 0 aliphatic rings. The van der Waals surface area contributed by atoms with Crippen LogP contribution in [-0.2, 0) is 124 Å². The maximum atomic E-state index is 11.2. The van der Waals surface area contributed by atoms with Crippen molar-refractivity contribution < 1.29 is 124 Å². The first-order chi connectivity index (χ1) is 63.4. The van der Waals surface area contributed by atoms with Crippen LogP contribution in [0, 0.1) is 0 Å². The van der Waals surface area contributed by atoms with E-state index in [9.17, 15) is 86.3 Å². The quantitative estimate of drug-likeness (QED) is 0.0124. The summed E-state index contributed by atoms with van der Waals surface area (Å²) in [6.07, 6.45) is 19.2. The first kappa shape index (κ1) is 154. The lowest BCUT2D eigenvalue weighted by Gasteiger charge is -2.10. The topological polar surface area (TPSA) is 849 Å². The van der Waals surface area contributed by atoms with Crippen molar-refractivity contribution in [2.24, 2.45) is 103 Å². The Morgan fingerprint density at radius 3 is 0.486 bits per heavy atom. The molecule has 0 amide bonds. The van der Waals surface area contributed by atoms with Crippen LogP contribution in [0.2, 0.25) is 0 Å². The molecule has 0 radical (unpaired) electrons. The average molecular weight is 2130 g/mol. The van der Waals surface area contributed by atoms with Gasteiger partial charge in [-0.05, 0) is 131 Å². The Hall–Kier alpha value is -6.50. The normalized spacial score (nSPS) is 14.4. The third-order valence-corrected chi connectivity index (χ3v) is 26.7. The van der Waals surface area contributed by atoms with Gasteiger partial charge in [-0.25, -0.2) is 0 Å². The summed E-state index contributed by atoms with van der Waals surface area (Å²) in [5.41, 5.74) is 99.3. The molecular formula is C86H168N18O26S8. The Balaban J connectivity index is -0.000000146. The molecule has 0 unspecified atom stereocenters. The third kappa shape index (κ3) is 97.0. The van der Waals surface area contributed by atoms with Gasteiger partial charge in [-0.15, -0.1) is 0 Å². The number of methoxy groups -OCH3 is 8. The van der Waals surface area contributed by atoms with Crippen LogP contribution >= 0.6 is 88.3 Å². The van der Waals surface area contributed by atoms with E-state index in [1.54, 1.807) is 62.5 Å². The van der Waals surface area contributed by atoms with Crippen LogP contribution in [0.3, 0.4) is 0 Å². The van der Waals surface area contributed by atoms with E-state index in [1.165, 1.54) is 201 Å². The minimum atomic E-state index is -0.685. The highest BCUT2D eigenvalue weighted by molar-refractivity contribution is 8.77. The molecule has 0 aliphatic carbocycles. The lowest BCUT2D eigenvalue weighted by molar-refractivity contribution is -0.143. The van der Waals surface area contributed by atoms with Gasteiger partial charge in [-0.1, -0.05) is 142 Å². The van der Waals surface area contributed by atoms with Crippen LogP contribution in [0.25, 0.3) is 0 Å². The number of ketones is 10. The highest BCUT2D eigenvalue weighted by atomic mass is 33.1. The van der Waals surface area contributed by atoms with Crippen LogP contribution in [0.15, 0.2) is 48.6 Å². The molecule has 0 aromatic rings. The van der Waals surface area contributed by atoms with Crippen molar-refractivity contribution >= 4 is 194 Å². The van der Waals surface area contributed by atoms with Gasteiger partial charge in [0.1, 0.15) is 106 Å². The molecule has 0 aromatic heterocycles. The fraction of sp³-hybridized carbons (Fsp3) is 0.698. The van der Waals surface area contributed by atoms with Gasteiger partial charge in [0.05, 0.1) is 117 Å². The summed E-state index contributed by atoms with van der Waals surface area (Å²) in [4.78, 5) is 196. The molecular weight excluding hydrogens is 1960 g/mol. The van der Waals surface area contributed by atoms with Crippen molar-refractivity contribution in [2.75, 3.05) is 114 Å². The van der Waals surface area contributed by atoms with Gasteiger partial charge in [0.2, 0.25) is 0 Å². The molecule has 0 fully saturated rings. The van der Waals surface area contributed by atoms with Crippen LogP contribution in [-0.4, -0.2) is 329 Å². The second-order valence-electron chi connectivity index (χ2n) is 28.8. The number of hydrogen-bond donors (Lipinski definition) is 18. The van der Waals surface area contributed by atoms with Crippen LogP contribution in [0.1, 0.15) is 161 Å². The number of thioether (sulfide) groups is 2. The predicted molar refractivity (Wildman–Crippen MR) is 561 cm³/mol. The number of carbonyl (C=O) groups excluding carboxylic acids is 18. The molecule has 0 bridgehead atoms. The molecule has 18 atom stereocenters. The van der Waals surface area contributed by atoms with E-state index in [0.717, 1.165) is 0 Å². The van der Waals surface area contributed by atoms with Gasteiger partial charge >= 0.3 is 47.8 Å². The summed E-state index contributed by atoms with van der Waals surface area (Å²) in [5, 5.41) is 0. The average Bonchev–Trinajstić information content (AvgIpc) is 0.962. The van der Waals surface area contributed by atoms with Crippen molar-refractivity contribution in [2.45, 2.75) is 270 Å². The van der Waals surface area contributed by atoms with Gasteiger partial charge in [0.25, 0.3) is 0 Å². The highest BCUT2D eigenvalue weighted by Gasteiger charge is 2.22. The van der Waals surface area contributed by atoms with Crippen LogP contribution in [0.5, 0.6) is 0 Å².